The summed E-state index contributed by atoms with van der Waals surface area (Å²) in [5, 5.41) is 0. The van der Waals surface area contributed by atoms with Gasteiger partial charge < -0.3 is 4.90 Å². The van der Waals surface area contributed by atoms with Crippen LogP contribution >= 0.6 is 0 Å². The first-order chi connectivity index (χ1) is 5.45. The van der Waals surface area contributed by atoms with Crippen LogP contribution in [-0.2, 0) is 0 Å². The Bertz CT molecular complexity index is 108. The minimum atomic E-state index is 0.712. The average Bonchev–Trinajstić information content (AvgIpc) is 1.98. The lowest BCUT2D eigenvalue weighted by Gasteiger charge is -2.26. The second-order valence-corrected chi connectivity index (χ2v) is 4.65. The van der Waals surface area contributed by atoms with Crippen LogP contribution in [0.5, 0.6) is 0 Å². The summed E-state index contributed by atoms with van der Waals surface area (Å²) in [4.78, 5) is 2.31. The molecule has 0 aliphatic rings. The van der Waals surface area contributed by atoms with Crippen LogP contribution in [0.3, 0.4) is 0 Å². The normalized spacial score (nSPS) is 17.0. The molecule has 0 saturated heterocycles. The van der Waals surface area contributed by atoms with Crippen molar-refractivity contribution in [3.05, 3.63) is 0 Å². The van der Waals surface area contributed by atoms with E-state index in [1.807, 2.05) is 0 Å². The predicted octanol–water partition coefficient (Wildman–Crippen LogP) is 3.01. The van der Waals surface area contributed by atoms with Crippen molar-refractivity contribution in [3.8, 4) is 0 Å². The van der Waals surface area contributed by atoms with E-state index in [1.54, 1.807) is 0 Å². The maximum atomic E-state index is 2.35. The van der Waals surface area contributed by atoms with E-state index in [9.17, 15) is 0 Å². The van der Waals surface area contributed by atoms with E-state index >= 15 is 0 Å². The number of hydrogen-bond donors (Lipinski definition) is 0. The molecule has 0 amide bonds. The SMILES string of the molecule is CC(C)CCC(C)C(C)N(C)C. The minimum Gasteiger partial charge on any atom is -0.306 e. The molecule has 0 bridgehead atoms. The first kappa shape index (κ1) is 12.0. The van der Waals surface area contributed by atoms with Crippen LogP contribution < -0.4 is 0 Å². The summed E-state index contributed by atoms with van der Waals surface area (Å²) in [6.07, 6.45) is 2.72. The first-order valence-electron chi connectivity index (χ1n) is 5.11. The lowest BCUT2D eigenvalue weighted by molar-refractivity contribution is 0.223. The van der Waals surface area contributed by atoms with E-state index in [2.05, 4.69) is 46.7 Å². The van der Waals surface area contributed by atoms with Gasteiger partial charge in [0.25, 0.3) is 0 Å². The van der Waals surface area contributed by atoms with Crippen LogP contribution in [0.1, 0.15) is 40.5 Å². The molecule has 1 nitrogen and oxygen atoms in total. The molecular weight excluding hydrogens is 146 g/mol. The van der Waals surface area contributed by atoms with Crippen LogP contribution in [-0.4, -0.2) is 25.0 Å². The van der Waals surface area contributed by atoms with Gasteiger partial charge in [-0.1, -0.05) is 27.2 Å². The lowest BCUT2D eigenvalue weighted by Crippen LogP contribution is -2.31. The van der Waals surface area contributed by atoms with Crippen LogP contribution in [0.2, 0.25) is 0 Å². The Labute approximate surface area is 78.1 Å². The molecule has 0 aromatic heterocycles. The van der Waals surface area contributed by atoms with Crippen molar-refractivity contribution < 1.29 is 0 Å². The van der Waals surface area contributed by atoms with Gasteiger partial charge in [-0.3, -0.25) is 0 Å². The van der Waals surface area contributed by atoms with Gasteiger partial charge >= 0.3 is 0 Å². The van der Waals surface area contributed by atoms with E-state index in [0.717, 1.165) is 11.8 Å². The Hall–Kier alpha value is -0.0400. The summed E-state index contributed by atoms with van der Waals surface area (Å²) in [7, 11) is 4.33. The minimum absolute atomic E-state index is 0.712. The van der Waals surface area contributed by atoms with Crippen molar-refractivity contribution in [2.24, 2.45) is 11.8 Å². The van der Waals surface area contributed by atoms with Gasteiger partial charge in [-0.05, 0) is 39.3 Å². The standard InChI is InChI=1S/C11H25N/c1-9(2)7-8-10(3)11(4)12(5)6/h9-11H,7-8H2,1-6H3. The van der Waals surface area contributed by atoms with Crippen molar-refractivity contribution in [1.82, 2.24) is 4.90 Å². The molecule has 0 rings (SSSR count). The fraction of sp³-hybridized carbons (Fsp3) is 1.00. The fourth-order valence-corrected chi connectivity index (χ4v) is 1.35. The summed E-state index contributed by atoms with van der Waals surface area (Å²) >= 11 is 0. The Kier molecular flexibility index (Phi) is 5.56. The van der Waals surface area contributed by atoms with Crippen molar-refractivity contribution >= 4 is 0 Å². The van der Waals surface area contributed by atoms with Crippen LogP contribution in [0, 0.1) is 11.8 Å². The zero-order valence-corrected chi connectivity index (χ0v) is 9.59. The van der Waals surface area contributed by atoms with Crippen molar-refractivity contribution in [2.75, 3.05) is 14.1 Å². The molecule has 12 heavy (non-hydrogen) atoms. The van der Waals surface area contributed by atoms with Gasteiger partial charge in [0.05, 0.1) is 0 Å². The fourth-order valence-electron chi connectivity index (χ4n) is 1.35. The van der Waals surface area contributed by atoms with Gasteiger partial charge in [0.1, 0.15) is 0 Å². The number of hydrogen-bond acceptors (Lipinski definition) is 1. The van der Waals surface area contributed by atoms with E-state index in [0.29, 0.717) is 6.04 Å². The highest BCUT2D eigenvalue weighted by Crippen LogP contribution is 2.17. The zero-order valence-electron chi connectivity index (χ0n) is 9.59. The van der Waals surface area contributed by atoms with Crippen molar-refractivity contribution in [1.29, 1.82) is 0 Å². The van der Waals surface area contributed by atoms with Gasteiger partial charge in [-0.2, -0.15) is 0 Å². The highest BCUT2D eigenvalue weighted by atomic mass is 15.1. The topological polar surface area (TPSA) is 3.24 Å². The van der Waals surface area contributed by atoms with Crippen molar-refractivity contribution in [3.63, 3.8) is 0 Å². The molecule has 2 atom stereocenters. The average molecular weight is 171 g/mol. The van der Waals surface area contributed by atoms with Gasteiger partial charge in [-0.15, -0.1) is 0 Å². The monoisotopic (exact) mass is 171 g/mol. The molecule has 0 aromatic carbocycles. The van der Waals surface area contributed by atoms with E-state index in [1.165, 1.54) is 12.8 Å². The lowest BCUT2D eigenvalue weighted by atomic mass is 9.93. The summed E-state index contributed by atoms with van der Waals surface area (Å²) in [6, 6.07) is 0.712. The maximum Gasteiger partial charge on any atom is 0.00864 e. The molecule has 0 saturated carbocycles. The van der Waals surface area contributed by atoms with E-state index in [4.69, 9.17) is 0 Å². The summed E-state index contributed by atoms with van der Waals surface area (Å²) in [6.45, 7) is 9.26. The van der Waals surface area contributed by atoms with Crippen LogP contribution in [0.15, 0.2) is 0 Å². The predicted molar refractivity (Wildman–Crippen MR) is 56.4 cm³/mol. The summed E-state index contributed by atoms with van der Waals surface area (Å²) < 4.78 is 0. The third-order valence-electron chi connectivity index (χ3n) is 2.84. The van der Waals surface area contributed by atoms with E-state index < -0.39 is 0 Å². The molecule has 2 unspecified atom stereocenters. The largest absolute Gasteiger partial charge is 0.306 e. The molecule has 0 N–H and O–H groups in total. The molecule has 0 heterocycles. The second-order valence-electron chi connectivity index (χ2n) is 4.65. The molecule has 74 valence electrons. The molecule has 0 aliphatic carbocycles. The second kappa shape index (κ2) is 5.58. The van der Waals surface area contributed by atoms with Gasteiger partial charge in [0.2, 0.25) is 0 Å². The molecule has 0 aromatic rings. The Morgan fingerprint density at radius 2 is 1.42 bits per heavy atom. The summed E-state index contributed by atoms with van der Waals surface area (Å²) in [5.41, 5.74) is 0. The first-order valence-corrected chi connectivity index (χ1v) is 5.11. The zero-order chi connectivity index (χ0) is 9.72. The Balaban J connectivity index is 3.64. The smallest absolute Gasteiger partial charge is 0.00864 e. The third kappa shape index (κ3) is 4.76. The Morgan fingerprint density at radius 1 is 0.917 bits per heavy atom. The van der Waals surface area contributed by atoms with Gasteiger partial charge in [0.15, 0.2) is 0 Å². The number of rotatable bonds is 5. The highest BCUT2D eigenvalue weighted by molar-refractivity contribution is 4.68. The van der Waals surface area contributed by atoms with Gasteiger partial charge in [-0.25, -0.2) is 0 Å². The molecule has 0 aliphatic heterocycles. The molecule has 0 radical (unpaired) electrons. The van der Waals surface area contributed by atoms with Crippen molar-refractivity contribution in [2.45, 2.75) is 46.6 Å². The molecule has 0 spiro atoms. The maximum absolute atomic E-state index is 2.35. The van der Waals surface area contributed by atoms with Crippen LogP contribution in [0.25, 0.3) is 0 Å². The molecular formula is C11H25N. The molecule has 0 fully saturated rings. The highest BCUT2D eigenvalue weighted by Gasteiger charge is 2.13. The van der Waals surface area contributed by atoms with Crippen LogP contribution in [0.4, 0.5) is 0 Å². The van der Waals surface area contributed by atoms with Gasteiger partial charge in [0, 0.05) is 6.04 Å². The Morgan fingerprint density at radius 3 is 1.75 bits per heavy atom. The number of nitrogens with zero attached hydrogens (tertiary/aromatic N) is 1. The summed E-state index contributed by atoms with van der Waals surface area (Å²) in [5.74, 6) is 1.67. The molecule has 1 heteroatoms. The van der Waals surface area contributed by atoms with E-state index in [-0.39, 0.29) is 0 Å². The quantitative estimate of drug-likeness (QED) is 0.614. The third-order valence-corrected chi connectivity index (χ3v) is 2.84.